The Hall–Kier alpha value is -3.56. The number of nitrogens with one attached hydrogen (secondary N) is 1. The number of rotatable bonds is 4. The topological polar surface area (TPSA) is 103 Å². The highest BCUT2D eigenvalue weighted by Gasteiger charge is 2.40. The molecule has 0 aliphatic carbocycles. The van der Waals surface area contributed by atoms with Crippen LogP contribution in [0.4, 0.5) is 16.2 Å². The first-order valence-corrected chi connectivity index (χ1v) is 13.0. The minimum atomic E-state index is -0.508. The van der Waals surface area contributed by atoms with Gasteiger partial charge in [-0.2, -0.15) is 4.98 Å². The maximum atomic E-state index is 16.4. The number of piperazine rings is 1. The van der Waals surface area contributed by atoms with E-state index < -0.39 is 5.82 Å². The molecule has 4 aromatic rings. The molecule has 2 aromatic heterocycles. The molecule has 2 atom stereocenters. The Balaban J connectivity index is 1.41. The maximum Gasteiger partial charge on any atom is 0.228 e. The van der Waals surface area contributed by atoms with Crippen molar-refractivity contribution in [2.45, 2.75) is 43.8 Å². The monoisotopic (exact) mass is 499 g/mol. The van der Waals surface area contributed by atoms with Gasteiger partial charge in [0, 0.05) is 50.0 Å². The fourth-order valence-corrected chi connectivity index (χ4v) is 6.14. The van der Waals surface area contributed by atoms with Gasteiger partial charge in [0.1, 0.15) is 22.8 Å². The van der Waals surface area contributed by atoms with Crippen molar-refractivity contribution in [3.8, 4) is 17.0 Å². The summed E-state index contributed by atoms with van der Waals surface area (Å²) in [5.74, 6) is 0.781. The predicted molar refractivity (Wildman–Crippen MR) is 143 cm³/mol. The lowest BCUT2D eigenvalue weighted by Gasteiger charge is -2.47. The first-order valence-electron chi connectivity index (χ1n) is 13.0. The number of aromatic hydroxyl groups is 1. The summed E-state index contributed by atoms with van der Waals surface area (Å²) in [6.07, 6.45) is 4.82. The quantitative estimate of drug-likeness (QED) is 0.392. The fraction of sp³-hybridized carbons (Fsp3) is 0.393. The molecule has 9 heteroatoms. The molecule has 190 valence electrons. The van der Waals surface area contributed by atoms with Gasteiger partial charge < -0.3 is 26.0 Å². The Morgan fingerprint density at radius 3 is 2.59 bits per heavy atom. The molecule has 37 heavy (non-hydrogen) atoms. The number of hydrogen-bond acceptors (Lipinski definition) is 8. The predicted octanol–water partition coefficient (Wildman–Crippen LogP) is 3.56. The van der Waals surface area contributed by atoms with Gasteiger partial charge in [-0.15, -0.1) is 0 Å². The van der Waals surface area contributed by atoms with E-state index in [9.17, 15) is 5.11 Å². The fourth-order valence-electron chi connectivity index (χ4n) is 6.14. The van der Waals surface area contributed by atoms with Crippen LogP contribution in [0.1, 0.15) is 26.2 Å². The van der Waals surface area contributed by atoms with Gasteiger partial charge >= 0.3 is 0 Å². The molecule has 0 spiro atoms. The van der Waals surface area contributed by atoms with Crippen molar-refractivity contribution in [2.75, 3.05) is 36.0 Å². The molecule has 0 amide bonds. The van der Waals surface area contributed by atoms with Crippen LogP contribution in [0.25, 0.3) is 32.9 Å². The largest absolute Gasteiger partial charge is 0.508 e. The van der Waals surface area contributed by atoms with Gasteiger partial charge in [0.25, 0.3) is 0 Å². The van der Waals surface area contributed by atoms with Crippen molar-refractivity contribution in [2.24, 2.45) is 5.73 Å². The lowest BCUT2D eigenvalue weighted by Crippen LogP contribution is -2.67. The van der Waals surface area contributed by atoms with E-state index in [0.29, 0.717) is 42.1 Å². The van der Waals surface area contributed by atoms with Crippen molar-refractivity contribution in [3.05, 3.63) is 48.4 Å². The maximum absolute atomic E-state index is 16.4. The first kappa shape index (κ1) is 22.6. The van der Waals surface area contributed by atoms with Crippen LogP contribution in [0, 0.1) is 5.82 Å². The number of hydrogen-bond donors (Lipinski definition) is 3. The summed E-state index contributed by atoms with van der Waals surface area (Å²) in [6, 6.07) is 11.6. The van der Waals surface area contributed by atoms with E-state index in [1.807, 2.05) is 29.2 Å². The molecule has 0 radical (unpaired) electrons. The summed E-state index contributed by atoms with van der Waals surface area (Å²) in [7, 11) is 0. The number of anilines is 2. The van der Waals surface area contributed by atoms with E-state index in [-0.39, 0.29) is 22.5 Å². The van der Waals surface area contributed by atoms with Crippen molar-refractivity contribution in [1.29, 1.82) is 0 Å². The molecule has 4 N–H and O–H groups in total. The summed E-state index contributed by atoms with van der Waals surface area (Å²) in [5, 5.41) is 16.3. The second-order valence-corrected chi connectivity index (χ2v) is 10.9. The number of pyridine rings is 1. The summed E-state index contributed by atoms with van der Waals surface area (Å²) in [5.41, 5.74) is 7.12. The average Bonchev–Trinajstić information content (AvgIpc) is 3.23. The zero-order valence-corrected chi connectivity index (χ0v) is 20.8. The van der Waals surface area contributed by atoms with Crippen molar-refractivity contribution < 1.29 is 9.50 Å². The summed E-state index contributed by atoms with van der Waals surface area (Å²) >= 11 is 0. The molecule has 7 rings (SSSR count). The van der Waals surface area contributed by atoms with Crippen LogP contribution in [0.15, 0.2) is 42.6 Å². The van der Waals surface area contributed by atoms with Crippen molar-refractivity contribution in [1.82, 2.24) is 20.3 Å². The number of halogens is 1. The molecule has 2 aromatic carbocycles. The zero-order chi connectivity index (χ0) is 25.3. The molecule has 0 unspecified atom stereocenters. The van der Waals surface area contributed by atoms with Crippen LogP contribution in [0.3, 0.4) is 0 Å². The van der Waals surface area contributed by atoms with E-state index in [1.54, 1.807) is 18.3 Å². The second kappa shape index (κ2) is 8.22. The molecular weight excluding hydrogens is 469 g/mol. The van der Waals surface area contributed by atoms with Crippen LogP contribution in [-0.4, -0.2) is 63.9 Å². The Labute approximate surface area is 214 Å². The summed E-state index contributed by atoms with van der Waals surface area (Å²) in [4.78, 5) is 18.6. The number of nitrogens with zero attached hydrogens (tertiary/aromatic N) is 5. The van der Waals surface area contributed by atoms with Crippen LogP contribution < -0.4 is 20.9 Å². The van der Waals surface area contributed by atoms with Gasteiger partial charge in [0.05, 0.1) is 10.9 Å². The van der Waals surface area contributed by atoms with Gasteiger partial charge in [-0.25, -0.2) is 9.37 Å². The Morgan fingerprint density at radius 2 is 1.84 bits per heavy atom. The highest BCUT2D eigenvalue weighted by Crippen LogP contribution is 2.38. The van der Waals surface area contributed by atoms with Crippen LogP contribution in [0.2, 0.25) is 0 Å². The molecule has 3 aliphatic heterocycles. The van der Waals surface area contributed by atoms with Crippen molar-refractivity contribution in [3.63, 3.8) is 0 Å². The van der Waals surface area contributed by atoms with Gasteiger partial charge in [0.15, 0.2) is 5.82 Å². The lowest BCUT2D eigenvalue weighted by molar-refractivity contribution is 0.318. The number of nitrogens with two attached hydrogens (primary N) is 1. The minimum Gasteiger partial charge on any atom is -0.508 e. The first-order chi connectivity index (χ1) is 17.9. The van der Waals surface area contributed by atoms with E-state index in [4.69, 9.17) is 15.7 Å². The third-order valence-corrected chi connectivity index (χ3v) is 8.27. The molecule has 3 aliphatic rings. The third kappa shape index (κ3) is 3.67. The van der Waals surface area contributed by atoms with E-state index in [1.165, 1.54) is 0 Å². The Kier molecular flexibility index (Phi) is 5.03. The van der Waals surface area contributed by atoms with Crippen LogP contribution >= 0.6 is 0 Å². The van der Waals surface area contributed by atoms with Crippen LogP contribution in [0.5, 0.6) is 5.75 Å². The highest BCUT2D eigenvalue weighted by molar-refractivity contribution is 6.00. The average molecular weight is 500 g/mol. The van der Waals surface area contributed by atoms with Crippen molar-refractivity contribution >= 4 is 33.4 Å². The Morgan fingerprint density at radius 1 is 1.08 bits per heavy atom. The summed E-state index contributed by atoms with van der Waals surface area (Å²) in [6.45, 7) is 4.99. The summed E-state index contributed by atoms with van der Waals surface area (Å²) < 4.78 is 16.4. The zero-order valence-electron chi connectivity index (χ0n) is 20.8. The molecule has 0 saturated carbocycles. The van der Waals surface area contributed by atoms with Gasteiger partial charge in [-0.05, 0) is 42.2 Å². The van der Waals surface area contributed by atoms with Crippen LogP contribution in [-0.2, 0) is 0 Å². The minimum absolute atomic E-state index is 0.0646. The second-order valence-electron chi connectivity index (χ2n) is 10.9. The number of phenols is 1. The lowest BCUT2D eigenvalue weighted by atomic mass is 9.89. The molecular formula is C28H30FN7O. The molecule has 8 nitrogen and oxygen atoms in total. The number of fused-ring (bicyclic) bond motifs is 4. The number of benzene rings is 2. The third-order valence-electron chi connectivity index (χ3n) is 8.27. The number of phenolic OH excluding ortho intramolecular Hbond substituents is 1. The molecule has 5 heterocycles. The highest BCUT2D eigenvalue weighted by atomic mass is 19.1. The molecule has 3 saturated heterocycles. The van der Waals surface area contributed by atoms with Gasteiger partial charge in [-0.1, -0.05) is 31.2 Å². The molecule has 3 fully saturated rings. The Bertz CT molecular complexity index is 1520. The van der Waals surface area contributed by atoms with E-state index in [2.05, 4.69) is 22.1 Å². The van der Waals surface area contributed by atoms with Gasteiger partial charge in [0.2, 0.25) is 5.95 Å². The number of aromatic nitrogens is 3. The SMILES string of the molecule is CCC1(N)CN(c2nc(N3C[C@H]4CC[C@@H](C3)N4)c3cnc(-c4cc(O)cc5ccccc45)c(F)c3n2)C1. The smallest absolute Gasteiger partial charge is 0.228 e. The van der Waals surface area contributed by atoms with E-state index >= 15 is 4.39 Å². The molecule has 2 bridgehead atoms. The normalized spacial score (nSPS) is 22.6. The standard InChI is InChI=1S/C28H30FN7O/c1-2-28(30)14-36(15-28)27-33-25-22(26(34-27)35-12-17-7-8-18(13-35)32-17)11-31-24(23(25)29)21-10-19(37)9-16-5-3-4-6-20(16)21/h3-6,9-11,17-18,32,37H,2,7-8,12-15,30H2,1H3/t17-,18+. The van der Waals surface area contributed by atoms with Gasteiger partial charge in [-0.3, -0.25) is 4.98 Å². The van der Waals surface area contributed by atoms with E-state index in [0.717, 1.165) is 48.9 Å².